The molecule has 1 aliphatic heterocycles. The van der Waals surface area contributed by atoms with Crippen LogP contribution in [0, 0.1) is 0 Å². The average Bonchev–Trinajstić information content (AvgIpc) is 3.18. The van der Waals surface area contributed by atoms with Gasteiger partial charge in [-0.25, -0.2) is 0 Å². The van der Waals surface area contributed by atoms with Crippen LogP contribution in [-0.2, 0) is 4.79 Å². The third-order valence-corrected chi connectivity index (χ3v) is 5.35. The topological polar surface area (TPSA) is 61.8 Å². The van der Waals surface area contributed by atoms with E-state index in [1.165, 1.54) is 12.8 Å². The van der Waals surface area contributed by atoms with Gasteiger partial charge in [0.05, 0.1) is 13.2 Å². The number of nitrogens with zero attached hydrogens (tertiary/aromatic N) is 1. The number of carbonyl (C=O) groups excluding carboxylic acids is 1. The molecule has 27 heavy (non-hydrogen) atoms. The maximum atomic E-state index is 11.0. The summed E-state index contributed by atoms with van der Waals surface area (Å²) in [6, 6.07) is 7.73. The van der Waals surface area contributed by atoms with E-state index in [2.05, 4.69) is 10.2 Å². The van der Waals surface area contributed by atoms with Crippen LogP contribution in [0.15, 0.2) is 24.3 Å². The average molecular weight is 377 g/mol. The van der Waals surface area contributed by atoms with Gasteiger partial charge in [-0.2, -0.15) is 0 Å². The number of unbranched alkanes of at least 4 members (excludes halogenated alkanes) is 3. The number of likely N-dealkylation sites (tertiary alicyclic amines) is 1. The van der Waals surface area contributed by atoms with E-state index in [0.717, 1.165) is 63.2 Å². The summed E-state index contributed by atoms with van der Waals surface area (Å²) in [6.45, 7) is 5.67. The summed E-state index contributed by atoms with van der Waals surface area (Å²) in [4.78, 5) is 13.4. The number of nitrogens with one attached hydrogen (secondary N) is 1. The molecule has 1 fully saturated rings. The van der Waals surface area contributed by atoms with Gasteiger partial charge in [0, 0.05) is 19.0 Å². The van der Waals surface area contributed by atoms with Gasteiger partial charge in [0.2, 0.25) is 0 Å². The van der Waals surface area contributed by atoms with Crippen LogP contribution in [0.3, 0.4) is 0 Å². The molecule has 1 aliphatic rings. The maximum Gasteiger partial charge on any atom is 0.129 e. The predicted molar refractivity (Wildman–Crippen MR) is 109 cm³/mol. The molecule has 152 valence electrons. The van der Waals surface area contributed by atoms with Crippen molar-refractivity contribution in [3.05, 3.63) is 29.8 Å². The van der Waals surface area contributed by atoms with Gasteiger partial charge in [-0.3, -0.25) is 0 Å². The van der Waals surface area contributed by atoms with E-state index in [-0.39, 0.29) is 11.8 Å². The van der Waals surface area contributed by atoms with Crippen LogP contribution < -0.4 is 10.1 Å². The van der Waals surface area contributed by atoms with Crippen LogP contribution in [0.1, 0.15) is 63.5 Å². The molecule has 0 aromatic heterocycles. The summed E-state index contributed by atoms with van der Waals surface area (Å²) in [5.41, 5.74) is 0.925. The van der Waals surface area contributed by atoms with Crippen molar-refractivity contribution in [3.63, 3.8) is 0 Å². The largest absolute Gasteiger partial charge is 0.497 e. The monoisotopic (exact) mass is 376 g/mol. The zero-order valence-electron chi connectivity index (χ0n) is 17.0. The third-order valence-electron chi connectivity index (χ3n) is 5.35. The van der Waals surface area contributed by atoms with Crippen molar-refractivity contribution in [1.29, 1.82) is 0 Å². The van der Waals surface area contributed by atoms with Crippen molar-refractivity contribution in [2.45, 2.75) is 64.0 Å². The van der Waals surface area contributed by atoms with Gasteiger partial charge in [0.1, 0.15) is 11.5 Å². The van der Waals surface area contributed by atoms with Crippen LogP contribution in [0.2, 0.25) is 0 Å². The molecule has 2 rings (SSSR count). The number of methoxy groups -OCH3 is 1. The van der Waals surface area contributed by atoms with E-state index in [4.69, 9.17) is 4.74 Å². The Morgan fingerprint density at radius 2 is 1.81 bits per heavy atom. The molecule has 0 aliphatic carbocycles. The minimum absolute atomic E-state index is 0.0220. The number of carbonyl (C=O) groups is 1. The Hall–Kier alpha value is -1.43. The fraction of sp³-hybridized carbons (Fsp3) is 0.682. The normalized spacial score (nSPS) is 17.0. The highest BCUT2D eigenvalue weighted by Gasteiger charge is 2.24. The first-order chi connectivity index (χ1) is 13.1. The lowest BCUT2D eigenvalue weighted by Crippen LogP contribution is -2.44. The standard InChI is InChI=1S/C22H36N2O3/c1-18(25)9-5-3-4-6-14-23-21(17-24-15-7-8-16-24)22(26)19-10-12-20(27-2)13-11-19/h10-13,21-23,26H,3-9,14-17H2,1-2H3/t21-,22-/m1/s1. The molecule has 1 aromatic rings. The van der Waals surface area contributed by atoms with Crippen molar-refractivity contribution in [2.24, 2.45) is 0 Å². The molecule has 2 N–H and O–H groups in total. The lowest BCUT2D eigenvalue weighted by molar-refractivity contribution is -0.117. The quantitative estimate of drug-likeness (QED) is 0.517. The highest BCUT2D eigenvalue weighted by atomic mass is 16.5. The molecule has 0 radical (unpaired) electrons. The van der Waals surface area contributed by atoms with Gasteiger partial charge in [0.25, 0.3) is 0 Å². The van der Waals surface area contributed by atoms with E-state index >= 15 is 0 Å². The van der Waals surface area contributed by atoms with Gasteiger partial charge < -0.3 is 24.9 Å². The maximum absolute atomic E-state index is 11.0. The lowest BCUT2D eigenvalue weighted by Gasteiger charge is -2.29. The molecule has 0 unspecified atom stereocenters. The van der Waals surface area contributed by atoms with Gasteiger partial charge >= 0.3 is 0 Å². The highest BCUT2D eigenvalue weighted by molar-refractivity contribution is 5.75. The number of hydrogen-bond donors (Lipinski definition) is 2. The predicted octanol–water partition coefficient (Wildman–Crippen LogP) is 3.32. The molecule has 0 saturated carbocycles. The molecule has 1 heterocycles. The summed E-state index contributed by atoms with van der Waals surface area (Å²) in [5.74, 6) is 1.09. The first-order valence-electron chi connectivity index (χ1n) is 10.4. The summed E-state index contributed by atoms with van der Waals surface area (Å²) < 4.78 is 5.22. The number of benzene rings is 1. The van der Waals surface area contributed by atoms with Crippen molar-refractivity contribution in [2.75, 3.05) is 33.3 Å². The van der Waals surface area contributed by atoms with Crippen molar-refractivity contribution >= 4 is 5.78 Å². The minimum atomic E-state index is -0.533. The van der Waals surface area contributed by atoms with E-state index in [1.54, 1.807) is 14.0 Å². The van der Waals surface area contributed by atoms with Gasteiger partial charge in [-0.15, -0.1) is 0 Å². The Morgan fingerprint density at radius 1 is 1.15 bits per heavy atom. The number of ether oxygens (including phenoxy) is 1. The minimum Gasteiger partial charge on any atom is -0.497 e. The second kappa shape index (κ2) is 12.1. The highest BCUT2D eigenvalue weighted by Crippen LogP contribution is 2.22. The second-order valence-corrected chi connectivity index (χ2v) is 7.65. The second-order valence-electron chi connectivity index (χ2n) is 7.65. The summed E-state index contributed by atoms with van der Waals surface area (Å²) in [5, 5.41) is 14.5. The molecular weight excluding hydrogens is 340 g/mol. The number of aliphatic hydroxyl groups is 1. The number of aliphatic hydroxyl groups excluding tert-OH is 1. The smallest absolute Gasteiger partial charge is 0.129 e. The Kier molecular flexibility index (Phi) is 9.81. The number of rotatable bonds is 13. The lowest BCUT2D eigenvalue weighted by atomic mass is 10.0. The number of ketones is 1. The van der Waals surface area contributed by atoms with Gasteiger partial charge in [-0.1, -0.05) is 25.0 Å². The third kappa shape index (κ3) is 7.99. The molecule has 1 aromatic carbocycles. The number of Topliss-reactive ketones (excluding diaryl/α,β-unsaturated/α-hetero) is 1. The van der Waals surface area contributed by atoms with Gasteiger partial charge in [0.15, 0.2) is 0 Å². The Labute approximate surface area is 164 Å². The van der Waals surface area contributed by atoms with Crippen LogP contribution in [0.5, 0.6) is 5.75 Å². The van der Waals surface area contributed by atoms with Crippen molar-refractivity contribution in [3.8, 4) is 5.75 Å². The Bertz CT molecular complexity index is 541. The fourth-order valence-corrected chi connectivity index (χ4v) is 3.69. The van der Waals surface area contributed by atoms with Gasteiger partial charge in [-0.05, 0) is 69.9 Å². The van der Waals surface area contributed by atoms with Crippen molar-refractivity contribution < 1.29 is 14.6 Å². The summed E-state index contributed by atoms with van der Waals surface area (Å²) in [7, 11) is 1.65. The van der Waals surface area contributed by atoms with Crippen LogP contribution >= 0.6 is 0 Å². The van der Waals surface area contributed by atoms with Crippen LogP contribution in [0.4, 0.5) is 0 Å². The molecule has 0 spiro atoms. The summed E-state index contributed by atoms with van der Waals surface area (Å²) >= 11 is 0. The zero-order chi connectivity index (χ0) is 19.5. The van der Waals surface area contributed by atoms with Crippen molar-refractivity contribution in [1.82, 2.24) is 10.2 Å². The fourth-order valence-electron chi connectivity index (χ4n) is 3.69. The number of hydrogen-bond acceptors (Lipinski definition) is 5. The SMILES string of the molecule is COc1ccc([C@@H](O)[C@@H](CN2CCCC2)NCCCCCCC(C)=O)cc1. The van der Waals surface area contributed by atoms with Crippen LogP contribution in [0.25, 0.3) is 0 Å². The molecular formula is C22H36N2O3. The van der Waals surface area contributed by atoms with E-state index in [0.29, 0.717) is 6.42 Å². The molecule has 1 saturated heterocycles. The first kappa shape index (κ1) is 21.9. The van der Waals surface area contributed by atoms with E-state index < -0.39 is 6.10 Å². The first-order valence-corrected chi connectivity index (χ1v) is 10.4. The van der Waals surface area contributed by atoms with E-state index in [1.807, 2.05) is 24.3 Å². The summed E-state index contributed by atoms with van der Waals surface area (Å²) in [6.07, 6.45) is 6.94. The Morgan fingerprint density at radius 3 is 2.44 bits per heavy atom. The zero-order valence-corrected chi connectivity index (χ0v) is 17.0. The molecule has 0 bridgehead atoms. The van der Waals surface area contributed by atoms with E-state index in [9.17, 15) is 9.90 Å². The molecule has 2 atom stereocenters. The van der Waals surface area contributed by atoms with Crippen LogP contribution in [-0.4, -0.2) is 55.1 Å². The molecule has 0 amide bonds. The molecule has 5 nitrogen and oxygen atoms in total. The molecule has 5 heteroatoms. The Balaban J connectivity index is 1.83.